The van der Waals surface area contributed by atoms with Crippen LogP contribution in [-0.2, 0) is 0 Å². The molecule has 2 heteroatoms. The van der Waals surface area contributed by atoms with E-state index in [4.69, 9.17) is 0 Å². The predicted molar refractivity (Wildman–Crippen MR) is 148 cm³/mol. The lowest BCUT2D eigenvalue weighted by Crippen LogP contribution is -2.31. The lowest BCUT2D eigenvalue weighted by atomic mass is 9.89. The van der Waals surface area contributed by atoms with Gasteiger partial charge in [0.05, 0.1) is 0 Å². The van der Waals surface area contributed by atoms with E-state index in [1.165, 1.54) is 94.6 Å². The third-order valence-electron chi connectivity index (χ3n) is 7.23. The van der Waals surface area contributed by atoms with Crippen molar-refractivity contribution in [3.05, 3.63) is 22.8 Å². The topological polar surface area (TPSA) is 40.5 Å². The predicted octanol–water partition coefficient (Wildman–Crippen LogP) is 10.2. The van der Waals surface area contributed by atoms with Gasteiger partial charge in [-0.1, -0.05) is 128 Å². The average Bonchev–Trinajstić information content (AvgIpc) is 2.79. The second-order valence-corrected chi connectivity index (χ2v) is 10.5. The van der Waals surface area contributed by atoms with Crippen LogP contribution in [0.2, 0.25) is 0 Å². The van der Waals surface area contributed by atoms with E-state index in [-0.39, 0.29) is 0 Å². The molecule has 0 heterocycles. The van der Waals surface area contributed by atoms with Gasteiger partial charge in [-0.3, -0.25) is 0 Å². The number of unbranched alkanes of at least 4 members (excludes halogenated alkanes) is 14. The van der Waals surface area contributed by atoms with Crippen molar-refractivity contribution in [2.45, 2.75) is 175 Å². The van der Waals surface area contributed by atoms with Crippen LogP contribution in [-0.4, -0.2) is 16.0 Å². The Morgan fingerprint density at radius 1 is 0.606 bits per heavy atom. The van der Waals surface area contributed by atoms with Gasteiger partial charge in [0, 0.05) is 6.42 Å². The summed E-state index contributed by atoms with van der Waals surface area (Å²) in [5, 5.41) is 22.1. The first kappa shape index (κ1) is 32.4. The molecule has 2 N–H and O–H groups in total. The summed E-state index contributed by atoms with van der Waals surface area (Å²) in [6.07, 6.45) is 26.7. The molecule has 0 aromatic carbocycles. The Morgan fingerprint density at radius 2 is 1.06 bits per heavy atom. The van der Waals surface area contributed by atoms with Crippen LogP contribution in [0.4, 0.5) is 0 Å². The lowest BCUT2D eigenvalue weighted by Gasteiger charge is -2.28. The average molecular weight is 465 g/mol. The number of rotatable bonds is 23. The van der Waals surface area contributed by atoms with Crippen molar-refractivity contribution >= 4 is 0 Å². The summed E-state index contributed by atoms with van der Waals surface area (Å²) >= 11 is 0. The van der Waals surface area contributed by atoms with E-state index in [1.54, 1.807) is 0 Å². The molecule has 0 aliphatic carbocycles. The molecule has 0 bridgehead atoms. The Bertz CT molecular complexity index is 501. The zero-order chi connectivity index (χ0) is 24.8. The molecule has 0 radical (unpaired) electrons. The highest BCUT2D eigenvalue weighted by atomic mass is 16.5. The van der Waals surface area contributed by atoms with E-state index in [1.807, 2.05) is 0 Å². The third-order valence-corrected chi connectivity index (χ3v) is 7.23. The zero-order valence-electron chi connectivity index (χ0n) is 23.3. The standard InChI is InChI=1S/C31H60O2/c1-6-9-11-13-15-17-19-21-26-30(29(5)25-23-24-28(4)8-3)31(32,33)27-22-20-18-16-14-12-10-7-2/h24,32-33H,6-23,25-27H2,1-5H3. The largest absolute Gasteiger partial charge is 0.362 e. The van der Waals surface area contributed by atoms with Crippen LogP contribution in [0.3, 0.4) is 0 Å². The van der Waals surface area contributed by atoms with Crippen LogP contribution in [0.5, 0.6) is 0 Å². The quantitative estimate of drug-likeness (QED) is 0.0896. The molecule has 0 saturated carbocycles. The monoisotopic (exact) mass is 464 g/mol. The fraction of sp³-hybridized carbons (Fsp3) is 0.871. The van der Waals surface area contributed by atoms with Crippen LogP contribution >= 0.6 is 0 Å². The first-order valence-corrected chi connectivity index (χ1v) is 14.7. The molecule has 0 amide bonds. The lowest BCUT2D eigenvalue weighted by molar-refractivity contribution is -0.137. The number of hydrogen-bond donors (Lipinski definition) is 2. The number of hydrogen-bond acceptors (Lipinski definition) is 2. The van der Waals surface area contributed by atoms with Crippen molar-refractivity contribution in [3.63, 3.8) is 0 Å². The van der Waals surface area contributed by atoms with Crippen LogP contribution in [0.25, 0.3) is 0 Å². The second kappa shape index (κ2) is 21.9. The van der Waals surface area contributed by atoms with Crippen molar-refractivity contribution in [1.82, 2.24) is 0 Å². The van der Waals surface area contributed by atoms with Crippen molar-refractivity contribution in [2.75, 3.05) is 0 Å². The molecule has 0 aromatic rings. The minimum Gasteiger partial charge on any atom is -0.362 e. The van der Waals surface area contributed by atoms with Crippen LogP contribution in [0.15, 0.2) is 22.8 Å². The van der Waals surface area contributed by atoms with E-state index in [0.29, 0.717) is 6.42 Å². The first-order valence-electron chi connectivity index (χ1n) is 14.7. The van der Waals surface area contributed by atoms with Gasteiger partial charge in [0.15, 0.2) is 5.79 Å². The van der Waals surface area contributed by atoms with Crippen LogP contribution in [0, 0.1) is 0 Å². The minimum atomic E-state index is -1.63. The molecule has 196 valence electrons. The van der Waals surface area contributed by atoms with Crippen molar-refractivity contribution in [1.29, 1.82) is 0 Å². The molecule has 0 rings (SSSR count). The van der Waals surface area contributed by atoms with Crippen LogP contribution < -0.4 is 0 Å². The summed E-state index contributed by atoms with van der Waals surface area (Å²) in [6, 6.07) is 0. The summed E-state index contributed by atoms with van der Waals surface area (Å²) in [7, 11) is 0. The highest BCUT2D eigenvalue weighted by Crippen LogP contribution is 2.31. The maximum Gasteiger partial charge on any atom is 0.185 e. The summed E-state index contributed by atoms with van der Waals surface area (Å²) in [6.45, 7) is 11.0. The molecular formula is C31H60O2. The Labute approximate surface area is 208 Å². The van der Waals surface area contributed by atoms with Gasteiger partial charge in [-0.25, -0.2) is 0 Å². The van der Waals surface area contributed by atoms with Crippen molar-refractivity contribution in [2.24, 2.45) is 0 Å². The fourth-order valence-electron chi connectivity index (χ4n) is 4.68. The van der Waals surface area contributed by atoms with Gasteiger partial charge in [-0.15, -0.1) is 0 Å². The minimum absolute atomic E-state index is 0.482. The molecule has 0 unspecified atom stereocenters. The molecular weight excluding hydrogens is 404 g/mol. The van der Waals surface area contributed by atoms with Gasteiger partial charge in [0.1, 0.15) is 0 Å². The molecule has 0 aliphatic rings. The molecule has 0 spiro atoms. The van der Waals surface area contributed by atoms with E-state index < -0.39 is 5.79 Å². The maximum atomic E-state index is 11.1. The first-order chi connectivity index (χ1) is 15.9. The zero-order valence-corrected chi connectivity index (χ0v) is 23.3. The highest BCUT2D eigenvalue weighted by Gasteiger charge is 2.29. The molecule has 0 aromatic heterocycles. The summed E-state index contributed by atoms with van der Waals surface area (Å²) in [5.74, 6) is -1.63. The smallest absolute Gasteiger partial charge is 0.185 e. The normalized spacial score (nSPS) is 13.5. The van der Waals surface area contributed by atoms with E-state index in [9.17, 15) is 10.2 Å². The van der Waals surface area contributed by atoms with Crippen molar-refractivity contribution in [3.8, 4) is 0 Å². The van der Waals surface area contributed by atoms with Crippen molar-refractivity contribution < 1.29 is 10.2 Å². The molecule has 0 saturated heterocycles. The molecule has 0 atom stereocenters. The summed E-state index contributed by atoms with van der Waals surface area (Å²) < 4.78 is 0. The third kappa shape index (κ3) is 18.4. The Morgan fingerprint density at radius 3 is 1.55 bits per heavy atom. The maximum absolute atomic E-state index is 11.1. The van der Waals surface area contributed by atoms with Gasteiger partial charge < -0.3 is 10.2 Å². The second-order valence-electron chi connectivity index (χ2n) is 10.5. The van der Waals surface area contributed by atoms with Gasteiger partial charge in [-0.05, 0) is 57.9 Å². The Kier molecular flexibility index (Phi) is 21.5. The molecule has 2 nitrogen and oxygen atoms in total. The van der Waals surface area contributed by atoms with Crippen LogP contribution in [0.1, 0.15) is 169 Å². The van der Waals surface area contributed by atoms with Gasteiger partial charge in [-0.2, -0.15) is 0 Å². The van der Waals surface area contributed by atoms with Gasteiger partial charge >= 0.3 is 0 Å². The summed E-state index contributed by atoms with van der Waals surface area (Å²) in [4.78, 5) is 0. The Hall–Kier alpha value is -0.600. The number of aliphatic hydroxyl groups is 2. The van der Waals surface area contributed by atoms with Gasteiger partial charge in [0.2, 0.25) is 0 Å². The van der Waals surface area contributed by atoms with E-state index >= 15 is 0 Å². The van der Waals surface area contributed by atoms with E-state index in [2.05, 4.69) is 40.7 Å². The van der Waals surface area contributed by atoms with Gasteiger partial charge in [0.25, 0.3) is 0 Å². The fourth-order valence-corrected chi connectivity index (χ4v) is 4.68. The number of allylic oxidation sites excluding steroid dienone is 3. The molecule has 33 heavy (non-hydrogen) atoms. The molecule has 0 aliphatic heterocycles. The molecule has 0 fully saturated rings. The summed E-state index contributed by atoms with van der Waals surface area (Å²) in [5.41, 5.74) is 3.53. The van der Waals surface area contributed by atoms with E-state index in [0.717, 1.165) is 50.5 Å². The SMILES string of the molecule is CCCCCCCCCCC(=C(C)CCC=C(C)CC)C(O)(O)CCCCCCCCCC. The highest BCUT2D eigenvalue weighted by molar-refractivity contribution is 5.20. The Balaban J connectivity index is 4.68.